The number of aromatic nitrogens is 1. The predicted octanol–water partition coefficient (Wildman–Crippen LogP) is 10.8. The topological polar surface area (TPSA) is 30.1 Å². The summed E-state index contributed by atoms with van der Waals surface area (Å²) in [5.74, 6) is 0. The number of para-hydroxylation sites is 2. The van der Waals surface area contributed by atoms with Gasteiger partial charge in [0.2, 0.25) is 7.28 Å². The molecule has 238 valence electrons. The predicted molar refractivity (Wildman–Crippen MR) is 214 cm³/mol. The average Bonchev–Trinajstić information content (AvgIpc) is 3.68. The number of nitrogens with one attached hydrogen (secondary N) is 1. The zero-order chi connectivity index (χ0) is 33.6. The molecule has 0 aliphatic carbocycles. The lowest BCUT2D eigenvalue weighted by Gasteiger charge is -2.23. The molecule has 0 spiro atoms. The first-order chi connectivity index (χ1) is 24.4. The summed E-state index contributed by atoms with van der Waals surface area (Å²) in [7, 11) is 0.701. The van der Waals surface area contributed by atoms with E-state index in [9.17, 15) is 0 Å². The van der Waals surface area contributed by atoms with Crippen molar-refractivity contribution < 1.29 is 4.42 Å². The molecule has 10 rings (SSSR count). The van der Waals surface area contributed by atoms with Crippen molar-refractivity contribution in [3.05, 3.63) is 151 Å². The molecule has 1 aliphatic rings. The highest BCUT2D eigenvalue weighted by Gasteiger charge is 2.32. The van der Waals surface area contributed by atoms with E-state index in [4.69, 9.17) is 4.42 Å². The van der Waals surface area contributed by atoms with E-state index in [0.29, 0.717) is 7.28 Å². The van der Waals surface area contributed by atoms with E-state index in [-0.39, 0.29) is 5.41 Å². The van der Waals surface area contributed by atoms with Gasteiger partial charge in [0.25, 0.3) is 0 Å². The van der Waals surface area contributed by atoms with Crippen LogP contribution in [0.25, 0.3) is 71.5 Å². The SMILES string of the molecule is CC(C)(C)c1ccc(Nc2ccccc2-c2c3c4c(c5ccccc25)c2ccccc2n4-c2c(oc4ccc(-c5ccccc5)cc24)B3)cc1. The van der Waals surface area contributed by atoms with Gasteiger partial charge in [0.1, 0.15) is 5.58 Å². The molecule has 3 heterocycles. The fourth-order valence-electron chi connectivity index (χ4n) is 8.20. The van der Waals surface area contributed by atoms with Gasteiger partial charge < -0.3 is 14.3 Å². The normalized spacial score (nSPS) is 12.5. The molecule has 9 aromatic rings. The van der Waals surface area contributed by atoms with Crippen LogP contribution in [0.1, 0.15) is 26.3 Å². The Hall–Kier alpha value is -6.00. The highest BCUT2D eigenvalue weighted by atomic mass is 16.3. The lowest BCUT2D eigenvalue weighted by molar-refractivity contribution is 0.590. The molecule has 1 N–H and O–H groups in total. The van der Waals surface area contributed by atoms with E-state index in [1.165, 1.54) is 65.9 Å². The molecule has 2 aromatic heterocycles. The Morgan fingerprint density at radius 1 is 0.620 bits per heavy atom. The van der Waals surface area contributed by atoms with Crippen molar-refractivity contribution >= 4 is 73.3 Å². The maximum absolute atomic E-state index is 6.82. The highest BCUT2D eigenvalue weighted by molar-refractivity contribution is 6.74. The van der Waals surface area contributed by atoms with E-state index in [2.05, 4.69) is 176 Å². The summed E-state index contributed by atoms with van der Waals surface area (Å²) in [6, 6.07) is 52.7. The monoisotopic (exact) mass is 642 g/mol. The summed E-state index contributed by atoms with van der Waals surface area (Å²) >= 11 is 0. The minimum atomic E-state index is 0.102. The molecule has 50 heavy (non-hydrogen) atoms. The van der Waals surface area contributed by atoms with Gasteiger partial charge in [0, 0.05) is 33.1 Å². The van der Waals surface area contributed by atoms with Crippen LogP contribution in [0.15, 0.2) is 150 Å². The molecule has 0 unspecified atom stereocenters. The molecule has 0 amide bonds. The van der Waals surface area contributed by atoms with Gasteiger partial charge in [-0.05, 0) is 80.3 Å². The number of hydrogen-bond donors (Lipinski definition) is 1. The third-order valence-electron chi connectivity index (χ3n) is 10.6. The zero-order valence-electron chi connectivity index (χ0n) is 28.4. The molecule has 3 nitrogen and oxygen atoms in total. The van der Waals surface area contributed by atoms with Crippen molar-refractivity contribution in [2.75, 3.05) is 5.32 Å². The summed E-state index contributed by atoms with van der Waals surface area (Å²) < 4.78 is 9.32. The Balaban J connectivity index is 1.26. The molecule has 0 radical (unpaired) electrons. The molecule has 0 bridgehead atoms. The van der Waals surface area contributed by atoms with Gasteiger partial charge in [0.05, 0.1) is 22.4 Å². The first-order valence-electron chi connectivity index (χ1n) is 17.5. The first-order valence-corrected chi connectivity index (χ1v) is 17.5. The molecule has 0 fully saturated rings. The van der Waals surface area contributed by atoms with Crippen molar-refractivity contribution in [2.24, 2.45) is 0 Å². The fourth-order valence-corrected chi connectivity index (χ4v) is 8.20. The maximum atomic E-state index is 6.82. The van der Waals surface area contributed by atoms with Crippen LogP contribution in [-0.2, 0) is 5.41 Å². The number of rotatable bonds is 4. The zero-order valence-corrected chi connectivity index (χ0v) is 28.4. The van der Waals surface area contributed by atoms with Gasteiger partial charge in [-0.15, -0.1) is 0 Å². The van der Waals surface area contributed by atoms with E-state index in [1.807, 2.05) is 0 Å². The maximum Gasteiger partial charge on any atom is 0.244 e. The van der Waals surface area contributed by atoms with E-state index >= 15 is 0 Å². The number of furan rings is 1. The van der Waals surface area contributed by atoms with Gasteiger partial charge in [-0.1, -0.05) is 130 Å². The highest BCUT2D eigenvalue weighted by Crippen LogP contribution is 2.44. The molecular weight excluding hydrogens is 607 g/mol. The Labute approximate surface area is 292 Å². The lowest BCUT2D eigenvalue weighted by Crippen LogP contribution is -2.36. The van der Waals surface area contributed by atoms with Gasteiger partial charge in [-0.25, -0.2) is 0 Å². The largest absolute Gasteiger partial charge is 0.469 e. The summed E-state index contributed by atoms with van der Waals surface area (Å²) in [6.07, 6.45) is 0. The minimum absolute atomic E-state index is 0.102. The molecule has 0 saturated heterocycles. The molecule has 0 saturated carbocycles. The van der Waals surface area contributed by atoms with Gasteiger partial charge in [0.15, 0.2) is 0 Å². The summed E-state index contributed by atoms with van der Waals surface area (Å²) in [4.78, 5) is 0. The first kappa shape index (κ1) is 29.0. The van der Waals surface area contributed by atoms with Crippen LogP contribution in [0.2, 0.25) is 0 Å². The van der Waals surface area contributed by atoms with Crippen LogP contribution < -0.4 is 16.4 Å². The number of hydrogen-bond acceptors (Lipinski definition) is 2. The summed E-state index contributed by atoms with van der Waals surface area (Å²) in [5.41, 5.74) is 15.2. The van der Waals surface area contributed by atoms with Gasteiger partial charge in [-0.3, -0.25) is 0 Å². The van der Waals surface area contributed by atoms with Crippen LogP contribution >= 0.6 is 0 Å². The lowest BCUT2D eigenvalue weighted by atomic mass is 9.61. The van der Waals surface area contributed by atoms with E-state index in [0.717, 1.165) is 33.7 Å². The standard InChI is InChI=1S/C46H35BN2O/c1-46(2,3)30-22-24-31(25-23-30)48-37-19-11-9-17-34(37)40-32-15-7-8-16-33(32)41-35-18-10-12-20-38(35)49-43-36-27-29(28-13-5-4-6-14-28)21-26-39(36)50-45(43)47-42(40)44(41)49/h4-27,47-48H,1-3H3. The van der Waals surface area contributed by atoms with Gasteiger partial charge >= 0.3 is 0 Å². The number of nitrogens with zero attached hydrogens (tertiary/aromatic N) is 1. The van der Waals surface area contributed by atoms with Crippen molar-refractivity contribution in [2.45, 2.75) is 26.2 Å². The van der Waals surface area contributed by atoms with Crippen LogP contribution in [0.4, 0.5) is 11.4 Å². The Morgan fingerprint density at radius 2 is 1.32 bits per heavy atom. The quantitative estimate of drug-likeness (QED) is 0.194. The third-order valence-corrected chi connectivity index (χ3v) is 10.6. The van der Waals surface area contributed by atoms with E-state index < -0.39 is 0 Å². The third kappa shape index (κ3) is 4.31. The second-order valence-corrected chi connectivity index (χ2v) is 14.6. The minimum Gasteiger partial charge on any atom is -0.469 e. The number of fused-ring (bicyclic) bond motifs is 9. The van der Waals surface area contributed by atoms with Crippen molar-refractivity contribution in [1.29, 1.82) is 0 Å². The molecular formula is C46H35BN2O. The van der Waals surface area contributed by atoms with Crippen molar-refractivity contribution in [1.82, 2.24) is 4.57 Å². The van der Waals surface area contributed by atoms with Crippen molar-refractivity contribution in [3.63, 3.8) is 0 Å². The van der Waals surface area contributed by atoms with Crippen molar-refractivity contribution in [3.8, 4) is 27.9 Å². The summed E-state index contributed by atoms with van der Waals surface area (Å²) in [5, 5.41) is 10.0. The van der Waals surface area contributed by atoms with Crippen LogP contribution in [-0.4, -0.2) is 11.8 Å². The second kappa shape index (κ2) is 10.8. The molecule has 7 aromatic carbocycles. The van der Waals surface area contributed by atoms with Gasteiger partial charge in [-0.2, -0.15) is 0 Å². The molecule has 4 heteroatoms. The fraction of sp³-hybridized carbons (Fsp3) is 0.0870. The Kier molecular flexibility index (Phi) is 6.23. The number of anilines is 2. The summed E-state index contributed by atoms with van der Waals surface area (Å²) in [6.45, 7) is 6.77. The average molecular weight is 643 g/mol. The van der Waals surface area contributed by atoms with E-state index in [1.54, 1.807) is 0 Å². The smallest absolute Gasteiger partial charge is 0.244 e. The second-order valence-electron chi connectivity index (χ2n) is 14.6. The van der Waals surface area contributed by atoms with Crippen LogP contribution in [0, 0.1) is 0 Å². The number of benzene rings is 7. The van der Waals surface area contributed by atoms with Crippen LogP contribution in [0.5, 0.6) is 0 Å². The Bertz CT molecular complexity index is 2780. The molecule has 0 atom stereocenters. The van der Waals surface area contributed by atoms with Crippen LogP contribution in [0.3, 0.4) is 0 Å². The molecule has 1 aliphatic heterocycles. The Morgan fingerprint density at radius 3 is 2.12 bits per heavy atom.